The van der Waals surface area contributed by atoms with Crippen LogP contribution in [0.15, 0.2) is 5.38 Å². The number of amides is 1. The number of rotatable bonds is 5. The third kappa shape index (κ3) is 4.01. The van der Waals surface area contributed by atoms with Crippen molar-refractivity contribution in [3.63, 3.8) is 0 Å². The van der Waals surface area contributed by atoms with Gasteiger partial charge in [-0.15, -0.1) is 11.3 Å². The van der Waals surface area contributed by atoms with E-state index in [1.165, 1.54) is 30.6 Å². The normalized spacial score (nSPS) is 18.2. The van der Waals surface area contributed by atoms with Crippen LogP contribution in [0.5, 0.6) is 0 Å². The Morgan fingerprint density at radius 1 is 1.47 bits per heavy atom. The van der Waals surface area contributed by atoms with Crippen LogP contribution < -0.4 is 10.6 Å². The number of nitrogens with one attached hydrogen (secondary N) is 2. The first-order valence-corrected chi connectivity index (χ1v) is 8.08. The van der Waals surface area contributed by atoms with Gasteiger partial charge in [0.2, 0.25) is 5.91 Å². The zero-order valence-electron chi connectivity index (χ0n) is 11.7. The van der Waals surface area contributed by atoms with Gasteiger partial charge >= 0.3 is 0 Å². The highest BCUT2D eigenvalue weighted by atomic mass is 32.1. The van der Waals surface area contributed by atoms with E-state index in [4.69, 9.17) is 0 Å². The molecule has 1 aliphatic carbocycles. The van der Waals surface area contributed by atoms with E-state index in [-0.39, 0.29) is 17.9 Å². The highest BCUT2D eigenvalue weighted by molar-refractivity contribution is 7.13. The minimum absolute atomic E-state index is 0.150. The fraction of sp³-hybridized carbons (Fsp3) is 0.714. The lowest BCUT2D eigenvalue weighted by molar-refractivity contribution is -0.120. The molecule has 0 spiro atoms. The van der Waals surface area contributed by atoms with Gasteiger partial charge in [0.05, 0.1) is 5.69 Å². The van der Waals surface area contributed by atoms with Crippen LogP contribution in [-0.4, -0.2) is 17.4 Å². The minimum Gasteiger partial charge on any atom is -0.309 e. The molecule has 1 saturated carbocycles. The summed E-state index contributed by atoms with van der Waals surface area (Å²) in [6.45, 7) is 5.09. The minimum atomic E-state index is 0.150. The predicted molar refractivity (Wildman–Crippen MR) is 79.4 cm³/mol. The van der Waals surface area contributed by atoms with E-state index in [9.17, 15) is 4.79 Å². The Balaban J connectivity index is 1.90. The van der Waals surface area contributed by atoms with Crippen molar-refractivity contribution in [3.05, 3.63) is 11.1 Å². The van der Waals surface area contributed by atoms with E-state index in [1.807, 2.05) is 5.38 Å². The van der Waals surface area contributed by atoms with E-state index < -0.39 is 0 Å². The second-order valence-electron chi connectivity index (χ2n) is 5.18. The van der Waals surface area contributed by atoms with Crippen LogP contribution in [0.2, 0.25) is 0 Å². The van der Waals surface area contributed by atoms with Crippen LogP contribution in [0.25, 0.3) is 0 Å². The van der Waals surface area contributed by atoms with Crippen LogP contribution in [0, 0.1) is 5.92 Å². The second kappa shape index (κ2) is 7.01. The number of hydrogen-bond donors (Lipinski definition) is 2. The van der Waals surface area contributed by atoms with Gasteiger partial charge in [0.15, 0.2) is 5.13 Å². The molecule has 1 atom stereocenters. The molecule has 0 saturated heterocycles. The first-order chi connectivity index (χ1) is 9.20. The number of thiazole rings is 1. The van der Waals surface area contributed by atoms with Gasteiger partial charge in [0.25, 0.3) is 0 Å². The van der Waals surface area contributed by atoms with Crippen LogP contribution in [-0.2, 0) is 4.79 Å². The van der Waals surface area contributed by atoms with E-state index >= 15 is 0 Å². The Kier molecular flexibility index (Phi) is 5.34. The van der Waals surface area contributed by atoms with Gasteiger partial charge in [-0.05, 0) is 26.3 Å². The van der Waals surface area contributed by atoms with Crippen molar-refractivity contribution in [2.24, 2.45) is 5.92 Å². The quantitative estimate of drug-likeness (QED) is 0.870. The maximum atomic E-state index is 12.1. The zero-order valence-corrected chi connectivity index (χ0v) is 12.6. The molecule has 1 fully saturated rings. The highest BCUT2D eigenvalue weighted by Crippen LogP contribution is 2.26. The maximum absolute atomic E-state index is 12.1. The Bertz CT molecular complexity index is 413. The predicted octanol–water partition coefficient (Wildman–Crippen LogP) is 3.33. The van der Waals surface area contributed by atoms with Crippen molar-refractivity contribution in [2.45, 2.75) is 52.0 Å². The SMILES string of the molecule is CCNC(C)c1csc(NC(=O)C2CCCCC2)n1. The Morgan fingerprint density at radius 3 is 2.89 bits per heavy atom. The van der Waals surface area contributed by atoms with E-state index in [1.54, 1.807) is 0 Å². The average molecular weight is 281 g/mol. The topological polar surface area (TPSA) is 54.0 Å². The molecule has 0 radical (unpaired) electrons. The summed E-state index contributed by atoms with van der Waals surface area (Å²) in [6, 6.07) is 0.238. The molecule has 4 nitrogen and oxygen atoms in total. The summed E-state index contributed by atoms with van der Waals surface area (Å²) < 4.78 is 0. The Morgan fingerprint density at radius 2 is 2.21 bits per heavy atom. The first kappa shape index (κ1) is 14.5. The fourth-order valence-electron chi connectivity index (χ4n) is 2.53. The molecule has 0 bridgehead atoms. The number of aromatic nitrogens is 1. The zero-order chi connectivity index (χ0) is 13.7. The largest absolute Gasteiger partial charge is 0.309 e. The Hall–Kier alpha value is -0.940. The van der Waals surface area contributed by atoms with Gasteiger partial charge in [-0.1, -0.05) is 26.2 Å². The summed E-state index contributed by atoms with van der Waals surface area (Å²) in [5.41, 5.74) is 1.01. The number of hydrogen-bond acceptors (Lipinski definition) is 4. The van der Waals surface area contributed by atoms with E-state index in [2.05, 4.69) is 29.5 Å². The Labute approximate surface area is 119 Å². The lowest BCUT2D eigenvalue weighted by Crippen LogP contribution is -2.24. The molecule has 1 aromatic rings. The van der Waals surface area contributed by atoms with E-state index in [0.717, 1.165) is 30.2 Å². The van der Waals surface area contributed by atoms with Gasteiger partial charge in [-0.2, -0.15) is 0 Å². The van der Waals surface area contributed by atoms with Crippen molar-refractivity contribution in [1.82, 2.24) is 10.3 Å². The second-order valence-corrected chi connectivity index (χ2v) is 6.04. The molecule has 1 aliphatic rings. The van der Waals surface area contributed by atoms with Crippen molar-refractivity contribution in [3.8, 4) is 0 Å². The lowest BCUT2D eigenvalue weighted by atomic mass is 9.89. The molecule has 1 heterocycles. The van der Waals surface area contributed by atoms with Crippen LogP contribution >= 0.6 is 11.3 Å². The lowest BCUT2D eigenvalue weighted by Gasteiger charge is -2.19. The van der Waals surface area contributed by atoms with Crippen molar-refractivity contribution >= 4 is 22.4 Å². The van der Waals surface area contributed by atoms with Gasteiger partial charge < -0.3 is 10.6 Å². The van der Waals surface area contributed by atoms with Gasteiger partial charge in [0.1, 0.15) is 0 Å². The third-order valence-corrected chi connectivity index (χ3v) is 4.46. The van der Waals surface area contributed by atoms with Crippen molar-refractivity contribution in [1.29, 1.82) is 0 Å². The van der Waals surface area contributed by atoms with Crippen LogP contribution in [0.1, 0.15) is 57.7 Å². The number of nitrogens with zero attached hydrogens (tertiary/aromatic N) is 1. The fourth-order valence-corrected chi connectivity index (χ4v) is 3.33. The maximum Gasteiger partial charge on any atom is 0.229 e. The van der Waals surface area contributed by atoms with Gasteiger partial charge in [-0.25, -0.2) is 4.98 Å². The summed E-state index contributed by atoms with van der Waals surface area (Å²) in [5, 5.41) is 9.04. The number of carbonyl (C=O) groups is 1. The molecule has 1 aromatic heterocycles. The summed E-state index contributed by atoms with van der Waals surface area (Å²) in [4.78, 5) is 16.6. The third-order valence-electron chi connectivity index (χ3n) is 3.68. The summed E-state index contributed by atoms with van der Waals surface area (Å²) in [5.74, 6) is 0.337. The number of anilines is 1. The molecule has 1 amide bonds. The van der Waals surface area contributed by atoms with E-state index in [0.29, 0.717) is 0 Å². The molecule has 5 heteroatoms. The molecule has 2 rings (SSSR count). The standard InChI is InChI=1S/C14H23N3OS/c1-3-15-10(2)12-9-19-14(16-12)17-13(18)11-7-5-4-6-8-11/h9-11,15H,3-8H2,1-2H3,(H,16,17,18). The molecule has 0 aliphatic heterocycles. The summed E-state index contributed by atoms with van der Waals surface area (Å²) >= 11 is 1.51. The highest BCUT2D eigenvalue weighted by Gasteiger charge is 2.22. The van der Waals surface area contributed by atoms with Crippen LogP contribution in [0.3, 0.4) is 0 Å². The van der Waals surface area contributed by atoms with Gasteiger partial charge in [0, 0.05) is 17.3 Å². The summed E-state index contributed by atoms with van der Waals surface area (Å²) in [7, 11) is 0. The monoisotopic (exact) mass is 281 g/mol. The summed E-state index contributed by atoms with van der Waals surface area (Å²) in [6.07, 6.45) is 5.68. The molecule has 106 valence electrons. The number of carbonyl (C=O) groups excluding carboxylic acids is 1. The first-order valence-electron chi connectivity index (χ1n) is 7.20. The molecule has 1 unspecified atom stereocenters. The smallest absolute Gasteiger partial charge is 0.229 e. The molecular weight excluding hydrogens is 258 g/mol. The van der Waals surface area contributed by atoms with Crippen LogP contribution in [0.4, 0.5) is 5.13 Å². The van der Waals surface area contributed by atoms with Crippen molar-refractivity contribution in [2.75, 3.05) is 11.9 Å². The molecule has 19 heavy (non-hydrogen) atoms. The van der Waals surface area contributed by atoms with Gasteiger partial charge in [-0.3, -0.25) is 4.79 Å². The average Bonchev–Trinajstić information content (AvgIpc) is 2.88. The molecule has 2 N–H and O–H groups in total. The molecule has 0 aromatic carbocycles. The van der Waals surface area contributed by atoms with Crippen molar-refractivity contribution < 1.29 is 4.79 Å². The molecular formula is C14H23N3OS.